The lowest BCUT2D eigenvalue weighted by Crippen LogP contribution is -2.34. The molecule has 4 rings (SSSR count). The van der Waals surface area contributed by atoms with Crippen molar-refractivity contribution >= 4 is 23.4 Å². The molecule has 1 fully saturated rings. The highest BCUT2D eigenvalue weighted by Crippen LogP contribution is 2.35. The van der Waals surface area contributed by atoms with Gasteiger partial charge in [-0.05, 0) is 49.6 Å². The summed E-state index contributed by atoms with van der Waals surface area (Å²) in [4.78, 5) is 37.9. The van der Waals surface area contributed by atoms with Gasteiger partial charge in [-0.25, -0.2) is 22.6 Å². The fourth-order valence-electron chi connectivity index (χ4n) is 4.08. The molecule has 1 aliphatic carbocycles. The van der Waals surface area contributed by atoms with E-state index in [2.05, 4.69) is 10.4 Å². The average molecular weight is 517 g/mol. The molecular weight excluding hydrogens is 489 g/mol. The van der Waals surface area contributed by atoms with E-state index < -0.39 is 29.2 Å². The molecule has 2 atom stereocenters. The molecule has 1 saturated heterocycles. The van der Waals surface area contributed by atoms with Crippen molar-refractivity contribution in [3.05, 3.63) is 76.0 Å². The Morgan fingerprint density at radius 2 is 2.11 bits per heavy atom. The van der Waals surface area contributed by atoms with Crippen LogP contribution in [0, 0.1) is 0 Å². The summed E-state index contributed by atoms with van der Waals surface area (Å²) in [7, 11) is 0. The van der Waals surface area contributed by atoms with Crippen molar-refractivity contribution in [3.63, 3.8) is 0 Å². The van der Waals surface area contributed by atoms with Gasteiger partial charge in [-0.3, -0.25) is 14.9 Å². The number of rotatable bonds is 8. The number of likely N-dealkylation sites (tertiary alicyclic amines) is 1. The maximum atomic E-state index is 14.1. The monoisotopic (exact) mass is 516 g/mol. The van der Waals surface area contributed by atoms with Crippen molar-refractivity contribution in [2.24, 2.45) is 0 Å². The minimum Gasteiger partial charge on any atom is -0.449 e. The zero-order valence-electron chi connectivity index (χ0n) is 20.3. The Morgan fingerprint density at radius 1 is 1.30 bits per heavy atom. The maximum Gasteiger partial charge on any atom is 0.411 e. The van der Waals surface area contributed by atoms with Crippen molar-refractivity contribution < 1.29 is 27.5 Å². The summed E-state index contributed by atoms with van der Waals surface area (Å²) >= 11 is 0. The Labute approximate surface area is 211 Å². The van der Waals surface area contributed by atoms with Gasteiger partial charge < -0.3 is 9.64 Å². The second-order valence-electron chi connectivity index (χ2n) is 9.11. The van der Waals surface area contributed by atoms with Crippen molar-refractivity contribution in [2.75, 3.05) is 25.0 Å². The lowest BCUT2D eigenvalue weighted by molar-refractivity contribution is -0.127. The van der Waals surface area contributed by atoms with E-state index in [1.807, 2.05) is 0 Å². The highest BCUT2D eigenvalue weighted by molar-refractivity contribution is 5.84. The van der Waals surface area contributed by atoms with E-state index in [0.29, 0.717) is 30.6 Å². The van der Waals surface area contributed by atoms with Crippen LogP contribution in [0.5, 0.6) is 0 Å². The number of anilines is 1. The highest BCUT2D eigenvalue weighted by atomic mass is 19.2. The van der Waals surface area contributed by atoms with E-state index in [1.165, 1.54) is 12.3 Å². The number of alkyl halides is 2. The third-order valence-corrected chi connectivity index (χ3v) is 6.24. The van der Waals surface area contributed by atoms with Gasteiger partial charge in [-0.2, -0.15) is 5.10 Å². The number of nitrogens with one attached hydrogen (secondary N) is 1. The number of amides is 2. The first kappa shape index (κ1) is 26.2. The smallest absolute Gasteiger partial charge is 0.411 e. The van der Waals surface area contributed by atoms with Crippen molar-refractivity contribution in [2.45, 2.75) is 44.4 Å². The van der Waals surface area contributed by atoms with Gasteiger partial charge in [0, 0.05) is 43.9 Å². The molecular formula is C26H27F3N4O4. The lowest BCUT2D eigenvalue weighted by atomic mass is 9.95. The molecule has 2 heterocycles. The second-order valence-corrected chi connectivity index (χ2v) is 9.11. The molecule has 0 saturated carbocycles. The first-order valence-corrected chi connectivity index (χ1v) is 12.0. The van der Waals surface area contributed by atoms with Crippen LogP contribution < -0.4 is 10.7 Å². The Morgan fingerprint density at radius 3 is 2.84 bits per heavy atom. The topological polar surface area (TPSA) is 93.5 Å². The van der Waals surface area contributed by atoms with Crippen molar-refractivity contribution in [1.82, 2.24) is 14.7 Å². The number of hydrogen-bond acceptors (Lipinski definition) is 5. The van der Waals surface area contributed by atoms with E-state index in [1.54, 1.807) is 29.2 Å². The molecule has 1 aromatic heterocycles. The summed E-state index contributed by atoms with van der Waals surface area (Å²) in [6, 6.07) is 7.92. The standard InChI is InChI=1S/C26H27F3N4O4/c1-26(29)22(27)15-19(16-23(26)28)33-11-8-21(34)20(31-33)14-17-5-2-6-18(13-17)30-25(36)37-12-4-10-32-9-3-7-24(32)35/h2,5-6,8,11,13,15-16,22H,3-4,7,9-10,12,14H2,1H3,(H,30,36). The molecule has 0 radical (unpaired) electrons. The molecule has 1 aromatic carbocycles. The summed E-state index contributed by atoms with van der Waals surface area (Å²) in [5.41, 5.74) is -2.00. The predicted octanol–water partition coefficient (Wildman–Crippen LogP) is 4.17. The fraction of sp³-hybridized carbons (Fsp3) is 0.385. The third kappa shape index (κ3) is 6.28. The van der Waals surface area contributed by atoms with Gasteiger partial charge in [0.2, 0.25) is 11.3 Å². The van der Waals surface area contributed by atoms with Crippen LogP contribution >= 0.6 is 0 Å². The van der Waals surface area contributed by atoms with E-state index in [-0.39, 0.29) is 30.3 Å². The van der Waals surface area contributed by atoms with E-state index >= 15 is 0 Å². The maximum absolute atomic E-state index is 14.1. The molecule has 2 aliphatic rings. The molecule has 0 bridgehead atoms. The molecule has 196 valence electrons. The number of halogens is 3. The Balaban J connectivity index is 1.37. The van der Waals surface area contributed by atoms with Crippen molar-refractivity contribution in [3.8, 4) is 0 Å². The minimum atomic E-state index is -2.76. The zero-order valence-corrected chi connectivity index (χ0v) is 20.3. The number of aromatic nitrogens is 2. The summed E-state index contributed by atoms with van der Waals surface area (Å²) in [6.07, 6.45) is 2.18. The first-order valence-electron chi connectivity index (χ1n) is 12.0. The van der Waals surface area contributed by atoms with Crippen molar-refractivity contribution in [1.29, 1.82) is 0 Å². The van der Waals surface area contributed by atoms with E-state index in [4.69, 9.17) is 4.74 Å². The van der Waals surface area contributed by atoms with Crippen LogP contribution in [0.2, 0.25) is 0 Å². The SMILES string of the molecule is CC1(F)C(F)=CC(n2ccc(=O)c(Cc3cccc(NC(=O)OCCCN4CCCC4=O)c3)n2)=CC1F. The third-order valence-electron chi connectivity index (χ3n) is 6.24. The number of carbonyl (C=O) groups is 2. The molecule has 1 aliphatic heterocycles. The number of hydrogen-bond donors (Lipinski definition) is 1. The predicted molar refractivity (Wildman–Crippen MR) is 131 cm³/mol. The van der Waals surface area contributed by atoms with Crippen LogP contribution in [0.15, 0.2) is 59.3 Å². The summed E-state index contributed by atoms with van der Waals surface area (Å²) in [5, 5.41) is 6.80. The second kappa shape index (κ2) is 11.0. The molecule has 8 nitrogen and oxygen atoms in total. The average Bonchev–Trinajstić information content (AvgIpc) is 3.26. The molecule has 1 N–H and O–H groups in total. The highest BCUT2D eigenvalue weighted by Gasteiger charge is 2.41. The molecule has 2 unspecified atom stereocenters. The van der Waals surface area contributed by atoms with Crippen LogP contribution in [0.1, 0.15) is 37.4 Å². The van der Waals surface area contributed by atoms with Crippen LogP contribution in [0.4, 0.5) is 23.7 Å². The molecule has 2 amide bonds. The minimum absolute atomic E-state index is 0.0337. The number of nitrogens with zero attached hydrogens (tertiary/aromatic N) is 3. The lowest BCUT2D eigenvalue weighted by Gasteiger charge is -2.25. The Hall–Kier alpha value is -3.89. The van der Waals surface area contributed by atoms with Crippen LogP contribution in [-0.4, -0.2) is 58.2 Å². The Kier molecular flexibility index (Phi) is 7.80. The van der Waals surface area contributed by atoms with Crippen LogP contribution in [0.3, 0.4) is 0 Å². The number of benzene rings is 1. The fourth-order valence-corrected chi connectivity index (χ4v) is 4.08. The van der Waals surface area contributed by atoms with Gasteiger partial charge in [0.15, 0.2) is 11.8 Å². The quantitative estimate of drug-likeness (QED) is 0.532. The number of ether oxygens (including phenoxy) is 1. The van der Waals surface area contributed by atoms with Crippen LogP contribution in [0.25, 0.3) is 5.70 Å². The number of allylic oxidation sites excluding steroid dienone is 4. The first-order chi connectivity index (χ1) is 17.6. The van der Waals surface area contributed by atoms with Gasteiger partial charge in [0.05, 0.1) is 12.3 Å². The van der Waals surface area contributed by atoms with Gasteiger partial charge in [0.25, 0.3) is 0 Å². The Bertz CT molecular complexity index is 1300. The van der Waals surface area contributed by atoms with Gasteiger partial charge in [-0.15, -0.1) is 0 Å². The van der Waals surface area contributed by atoms with Gasteiger partial charge >= 0.3 is 6.09 Å². The van der Waals surface area contributed by atoms with E-state index in [0.717, 1.165) is 36.7 Å². The number of carbonyl (C=O) groups excluding carboxylic acids is 2. The molecule has 2 aromatic rings. The van der Waals surface area contributed by atoms with Crippen LogP contribution in [-0.2, 0) is 16.0 Å². The molecule has 0 spiro atoms. The van der Waals surface area contributed by atoms with Gasteiger partial charge in [-0.1, -0.05) is 12.1 Å². The van der Waals surface area contributed by atoms with Gasteiger partial charge in [0.1, 0.15) is 11.5 Å². The largest absolute Gasteiger partial charge is 0.449 e. The van der Waals surface area contributed by atoms with E-state index in [9.17, 15) is 27.6 Å². The summed E-state index contributed by atoms with van der Waals surface area (Å²) in [5.74, 6) is -1.15. The molecule has 11 heteroatoms. The summed E-state index contributed by atoms with van der Waals surface area (Å²) < 4.78 is 48.5. The zero-order chi connectivity index (χ0) is 26.6. The summed E-state index contributed by atoms with van der Waals surface area (Å²) in [6.45, 7) is 2.25. The normalized spacial score (nSPS) is 21.5. The molecule has 37 heavy (non-hydrogen) atoms.